The van der Waals surface area contributed by atoms with Crippen LogP contribution in [0.15, 0.2) is 18.2 Å². The Morgan fingerprint density at radius 3 is 2.21 bits per heavy atom. The van der Waals surface area contributed by atoms with Crippen LogP contribution in [0.3, 0.4) is 0 Å². The SMILES string of the molecule is COC(C)(C)C.O=CN1CCN(c2c(Cl)cccc2[N+](=O)[O-])CC1. The minimum atomic E-state index is -0.437. The lowest BCUT2D eigenvalue weighted by molar-refractivity contribution is -0.384. The monoisotopic (exact) mass is 357 g/mol. The second kappa shape index (κ2) is 8.84. The Hall–Kier alpha value is -1.86. The molecular formula is C16H24ClN3O4. The van der Waals surface area contributed by atoms with Crippen LogP contribution in [0.2, 0.25) is 5.02 Å². The van der Waals surface area contributed by atoms with E-state index in [4.69, 9.17) is 16.3 Å². The number of piperazine rings is 1. The molecule has 0 aromatic heterocycles. The summed E-state index contributed by atoms with van der Waals surface area (Å²) in [4.78, 5) is 24.7. The van der Waals surface area contributed by atoms with E-state index >= 15 is 0 Å². The Morgan fingerprint density at radius 1 is 1.25 bits per heavy atom. The van der Waals surface area contributed by atoms with Crippen LogP contribution in [0.5, 0.6) is 0 Å². The van der Waals surface area contributed by atoms with Crippen molar-refractivity contribution in [2.75, 3.05) is 38.2 Å². The van der Waals surface area contributed by atoms with Gasteiger partial charge < -0.3 is 14.5 Å². The molecule has 0 radical (unpaired) electrons. The number of anilines is 1. The fourth-order valence-electron chi connectivity index (χ4n) is 2.02. The summed E-state index contributed by atoms with van der Waals surface area (Å²) in [5, 5.41) is 11.4. The molecule has 0 unspecified atom stereocenters. The van der Waals surface area contributed by atoms with Gasteiger partial charge in [-0.25, -0.2) is 0 Å². The summed E-state index contributed by atoms with van der Waals surface area (Å²) in [7, 11) is 1.71. The minimum absolute atomic E-state index is 0.00190. The van der Waals surface area contributed by atoms with Gasteiger partial charge in [-0.3, -0.25) is 14.9 Å². The maximum absolute atomic E-state index is 11.0. The van der Waals surface area contributed by atoms with E-state index in [2.05, 4.69) is 0 Å². The Bertz CT molecular complexity index is 567. The standard InChI is InChI=1S/C11H12ClN3O3.C5H12O/c12-9-2-1-3-10(15(17)18)11(9)14-6-4-13(8-16)5-7-14;1-5(2,3)6-4/h1-3,8H,4-7H2;1-4H3. The first-order valence-corrected chi connectivity index (χ1v) is 7.99. The summed E-state index contributed by atoms with van der Waals surface area (Å²) in [5.41, 5.74) is 0.483. The first kappa shape index (κ1) is 20.2. The molecule has 1 fully saturated rings. The van der Waals surface area contributed by atoms with Crippen LogP contribution in [0.25, 0.3) is 0 Å². The van der Waals surface area contributed by atoms with Crippen LogP contribution >= 0.6 is 11.6 Å². The maximum Gasteiger partial charge on any atom is 0.294 e. The highest BCUT2D eigenvalue weighted by Gasteiger charge is 2.25. The fourth-order valence-corrected chi connectivity index (χ4v) is 2.30. The molecule has 2 rings (SSSR count). The van der Waals surface area contributed by atoms with Crippen molar-refractivity contribution in [1.82, 2.24) is 4.90 Å². The maximum atomic E-state index is 11.0. The molecule has 1 aromatic rings. The average molecular weight is 358 g/mol. The van der Waals surface area contributed by atoms with Crippen molar-refractivity contribution in [3.05, 3.63) is 33.3 Å². The van der Waals surface area contributed by atoms with Gasteiger partial charge in [-0.2, -0.15) is 0 Å². The number of hydrogen-bond donors (Lipinski definition) is 0. The largest absolute Gasteiger partial charge is 0.379 e. The van der Waals surface area contributed by atoms with Crippen molar-refractivity contribution in [2.24, 2.45) is 0 Å². The smallest absolute Gasteiger partial charge is 0.294 e. The second-order valence-corrected chi connectivity index (χ2v) is 6.72. The van der Waals surface area contributed by atoms with E-state index < -0.39 is 4.92 Å². The van der Waals surface area contributed by atoms with E-state index in [1.807, 2.05) is 25.7 Å². The van der Waals surface area contributed by atoms with Crippen molar-refractivity contribution in [3.63, 3.8) is 0 Å². The van der Waals surface area contributed by atoms with Crippen LogP contribution in [-0.2, 0) is 9.53 Å². The van der Waals surface area contributed by atoms with Crippen LogP contribution in [0, 0.1) is 10.1 Å². The van der Waals surface area contributed by atoms with Gasteiger partial charge in [0.25, 0.3) is 5.69 Å². The Kier molecular flexibility index (Phi) is 7.44. The van der Waals surface area contributed by atoms with Gasteiger partial charge in [-0.05, 0) is 26.8 Å². The van der Waals surface area contributed by atoms with Gasteiger partial charge in [0.2, 0.25) is 6.41 Å². The number of nitro groups is 1. The molecule has 0 aliphatic carbocycles. The van der Waals surface area contributed by atoms with E-state index in [9.17, 15) is 14.9 Å². The number of amides is 1. The number of benzene rings is 1. The van der Waals surface area contributed by atoms with E-state index in [0.29, 0.717) is 36.9 Å². The topological polar surface area (TPSA) is 75.9 Å². The molecular weight excluding hydrogens is 334 g/mol. The Morgan fingerprint density at radius 2 is 1.79 bits per heavy atom. The third kappa shape index (κ3) is 5.98. The number of carbonyl (C=O) groups is 1. The molecule has 0 N–H and O–H groups in total. The third-order valence-corrected chi connectivity index (χ3v) is 3.86. The zero-order valence-corrected chi connectivity index (χ0v) is 15.2. The summed E-state index contributed by atoms with van der Waals surface area (Å²) in [6.07, 6.45) is 0.790. The fraction of sp³-hybridized carbons (Fsp3) is 0.562. The van der Waals surface area contributed by atoms with Crippen LogP contribution in [0.4, 0.5) is 11.4 Å². The Labute approximate surface area is 147 Å². The van der Waals surface area contributed by atoms with Gasteiger partial charge in [0, 0.05) is 39.4 Å². The van der Waals surface area contributed by atoms with Gasteiger partial charge >= 0.3 is 0 Å². The number of ether oxygens (including phenoxy) is 1. The summed E-state index contributed by atoms with van der Waals surface area (Å²) in [6.45, 7) is 8.25. The number of methoxy groups -OCH3 is 1. The molecule has 1 aromatic carbocycles. The highest BCUT2D eigenvalue weighted by atomic mass is 35.5. The van der Waals surface area contributed by atoms with E-state index in [1.54, 1.807) is 24.1 Å². The number of rotatable bonds is 3. The minimum Gasteiger partial charge on any atom is -0.379 e. The van der Waals surface area contributed by atoms with Gasteiger partial charge in [0.1, 0.15) is 5.69 Å². The number of carbonyl (C=O) groups excluding carboxylic acids is 1. The quantitative estimate of drug-likeness (QED) is 0.472. The molecule has 1 saturated heterocycles. The number of para-hydroxylation sites is 1. The molecule has 8 heteroatoms. The molecule has 1 amide bonds. The average Bonchev–Trinajstić information content (AvgIpc) is 2.54. The van der Waals surface area contributed by atoms with Gasteiger partial charge in [0.05, 0.1) is 15.5 Å². The lowest BCUT2D eigenvalue weighted by atomic mass is 10.2. The second-order valence-electron chi connectivity index (χ2n) is 6.31. The zero-order valence-electron chi connectivity index (χ0n) is 14.5. The highest BCUT2D eigenvalue weighted by molar-refractivity contribution is 6.33. The summed E-state index contributed by atoms with van der Waals surface area (Å²) in [6, 6.07) is 4.63. The van der Waals surface area contributed by atoms with Gasteiger partial charge in [-0.15, -0.1) is 0 Å². The highest BCUT2D eigenvalue weighted by Crippen LogP contribution is 2.35. The van der Waals surface area contributed by atoms with Crippen molar-refractivity contribution in [3.8, 4) is 0 Å². The number of nitro benzene ring substituents is 1. The third-order valence-electron chi connectivity index (χ3n) is 3.55. The summed E-state index contributed by atoms with van der Waals surface area (Å²) in [5.74, 6) is 0. The normalized spacial score (nSPS) is 14.7. The summed E-state index contributed by atoms with van der Waals surface area (Å²) < 4.78 is 4.94. The Balaban J connectivity index is 0.000000413. The zero-order chi connectivity index (χ0) is 18.3. The molecule has 0 saturated carbocycles. The molecule has 0 spiro atoms. The van der Waals surface area contributed by atoms with Crippen molar-refractivity contribution >= 4 is 29.4 Å². The molecule has 1 aliphatic rings. The molecule has 1 aliphatic heterocycles. The molecule has 7 nitrogen and oxygen atoms in total. The van der Waals surface area contributed by atoms with Crippen LogP contribution in [-0.4, -0.2) is 55.1 Å². The number of nitrogens with zero attached hydrogens (tertiary/aromatic N) is 3. The van der Waals surface area contributed by atoms with E-state index in [0.717, 1.165) is 6.41 Å². The predicted molar refractivity (Wildman–Crippen MR) is 94.7 cm³/mol. The van der Waals surface area contributed by atoms with E-state index in [-0.39, 0.29) is 11.3 Å². The molecule has 24 heavy (non-hydrogen) atoms. The number of hydrogen-bond acceptors (Lipinski definition) is 5. The van der Waals surface area contributed by atoms with Crippen molar-refractivity contribution in [1.29, 1.82) is 0 Å². The molecule has 0 bridgehead atoms. The first-order valence-electron chi connectivity index (χ1n) is 7.62. The first-order chi connectivity index (χ1) is 11.2. The predicted octanol–water partition coefficient (Wildman–Crippen LogP) is 2.96. The van der Waals surface area contributed by atoms with Crippen LogP contribution < -0.4 is 4.90 Å². The van der Waals surface area contributed by atoms with Gasteiger partial charge in [-0.1, -0.05) is 17.7 Å². The van der Waals surface area contributed by atoms with Crippen molar-refractivity contribution < 1.29 is 14.5 Å². The molecule has 0 atom stereocenters. The summed E-state index contributed by atoms with van der Waals surface area (Å²) >= 11 is 6.05. The molecule has 1 heterocycles. The molecule has 134 valence electrons. The van der Waals surface area contributed by atoms with E-state index in [1.165, 1.54) is 6.07 Å². The van der Waals surface area contributed by atoms with Crippen LogP contribution in [0.1, 0.15) is 20.8 Å². The lowest BCUT2D eigenvalue weighted by Crippen LogP contribution is -2.46. The number of halogens is 1. The van der Waals surface area contributed by atoms with Gasteiger partial charge in [0.15, 0.2) is 0 Å². The lowest BCUT2D eigenvalue weighted by Gasteiger charge is -2.34. The van der Waals surface area contributed by atoms with Crippen molar-refractivity contribution in [2.45, 2.75) is 26.4 Å².